The topological polar surface area (TPSA) is 96.0 Å². The minimum atomic E-state index is -3.20. The van der Waals surface area contributed by atoms with Crippen molar-refractivity contribution in [2.45, 2.75) is 42.7 Å². The summed E-state index contributed by atoms with van der Waals surface area (Å²) in [4.78, 5) is 28.6. The highest BCUT2D eigenvalue weighted by atomic mass is 32.2. The van der Waals surface area contributed by atoms with Gasteiger partial charge in [-0.25, -0.2) is 13.2 Å². The molecule has 1 N–H and O–H groups in total. The number of ether oxygens (including phenoxy) is 1. The van der Waals surface area contributed by atoms with Crippen LogP contribution in [-0.2, 0) is 25.8 Å². The van der Waals surface area contributed by atoms with E-state index in [4.69, 9.17) is 4.74 Å². The number of hydrogen-bond acceptors (Lipinski definition) is 5. The van der Waals surface area contributed by atoms with Crippen molar-refractivity contribution < 1.29 is 22.7 Å². The number of likely N-dealkylation sites (tertiary alicyclic amines) is 2. The molecule has 0 radical (unpaired) electrons. The summed E-state index contributed by atoms with van der Waals surface area (Å²) in [7, 11) is -3.20. The highest BCUT2D eigenvalue weighted by Crippen LogP contribution is 2.25. The van der Waals surface area contributed by atoms with Crippen molar-refractivity contribution in [3.8, 4) is 0 Å². The number of urea groups is 1. The zero-order chi connectivity index (χ0) is 21.3. The van der Waals surface area contributed by atoms with Crippen LogP contribution in [0.2, 0.25) is 0 Å². The fourth-order valence-corrected chi connectivity index (χ4v) is 5.33. The molecule has 3 aliphatic heterocycles. The van der Waals surface area contributed by atoms with Crippen LogP contribution in [0.4, 0.5) is 4.79 Å². The Morgan fingerprint density at radius 1 is 1.17 bits per heavy atom. The van der Waals surface area contributed by atoms with Gasteiger partial charge in [0.05, 0.1) is 17.0 Å². The van der Waals surface area contributed by atoms with Crippen molar-refractivity contribution in [1.29, 1.82) is 0 Å². The molecule has 1 aromatic rings. The number of carbonyl (C=O) groups excluding carboxylic acids is 2. The Morgan fingerprint density at radius 2 is 1.90 bits per heavy atom. The van der Waals surface area contributed by atoms with Crippen LogP contribution in [0.5, 0.6) is 0 Å². The molecule has 9 heteroatoms. The van der Waals surface area contributed by atoms with Gasteiger partial charge in [0.25, 0.3) is 0 Å². The average Bonchev–Trinajstić information content (AvgIpc) is 2.73. The molecule has 3 aliphatic rings. The van der Waals surface area contributed by atoms with Gasteiger partial charge in [-0.2, -0.15) is 0 Å². The van der Waals surface area contributed by atoms with Gasteiger partial charge in [0.15, 0.2) is 9.84 Å². The van der Waals surface area contributed by atoms with E-state index in [0.717, 1.165) is 31.2 Å². The smallest absolute Gasteiger partial charge is 0.320 e. The van der Waals surface area contributed by atoms with E-state index in [2.05, 4.69) is 5.32 Å². The van der Waals surface area contributed by atoms with Crippen molar-refractivity contribution >= 4 is 21.8 Å². The number of piperidine rings is 2. The van der Waals surface area contributed by atoms with E-state index in [0.29, 0.717) is 37.0 Å². The van der Waals surface area contributed by atoms with Gasteiger partial charge < -0.3 is 19.9 Å². The third kappa shape index (κ3) is 4.78. The number of hydrogen-bond donors (Lipinski definition) is 1. The lowest BCUT2D eigenvalue weighted by Gasteiger charge is -2.43. The molecule has 2 atom stereocenters. The predicted octanol–water partition coefficient (Wildman–Crippen LogP) is 1.05. The van der Waals surface area contributed by atoms with E-state index >= 15 is 0 Å². The van der Waals surface area contributed by atoms with E-state index in [-0.39, 0.29) is 30.7 Å². The maximum Gasteiger partial charge on any atom is 0.320 e. The number of benzene rings is 1. The first-order chi connectivity index (χ1) is 14.3. The Balaban J connectivity index is 1.29. The number of sulfone groups is 1. The number of amides is 3. The van der Waals surface area contributed by atoms with Crippen molar-refractivity contribution in [3.63, 3.8) is 0 Å². The summed E-state index contributed by atoms with van der Waals surface area (Å²) >= 11 is 0. The van der Waals surface area contributed by atoms with Crippen LogP contribution >= 0.6 is 0 Å². The fourth-order valence-electron chi connectivity index (χ4n) is 4.64. The Morgan fingerprint density at radius 3 is 2.63 bits per heavy atom. The molecule has 1 aromatic carbocycles. The number of morpholine rings is 1. The van der Waals surface area contributed by atoms with Gasteiger partial charge in [-0.15, -0.1) is 0 Å². The first-order valence-corrected chi connectivity index (χ1v) is 12.4. The number of nitrogens with one attached hydrogen (secondary N) is 1. The quantitative estimate of drug-likeness (QED) is 0.766. The third-order valence-corrected chi connectivity index (χ3v) is 7.44. The SMILES string of the molecule is CS(=O)(=O)c1cccc(CC2CCN(C(=O)N3CC[C@@H]4OCC(=O)N[C@@H]4C3)CC2)c1. The highest BCUT2D eigenvalue weighted by Gasteiger charge is 2.38. The number of carbonyl (C=O) groups is 2. The van der Waals surface area contributed by atoms with Crippen LogP contribution in [0.1, 0.15) is 24.8 Å². The molecular weight excluding hydrogens is 406 g/mol. The second-order valence-corrected chi connectivity index (χ2v) is 10.6. The number of nitrogens with zero attached hydrogens (tertiary/aromatic N) is 2. The summed E-state index contributed by atoms with van der Waals surface area (Å²) in [5.74, 6) is 0.312. The van der Waals surface area contributed by atoms with Gasteiger partial charge in [0.1, 0.15) is 6.61 Å². The Labute approximate surface area is 177 Å². The molecule has 0 aromatic heterocycles. The Bertz CT molecular complexity index is 911. The van der Waals surface area contributed by atoms with Crippen LogP contribution < -0.4 is 5.32 Å². The third-order valence-electron chi connectivity index (χ3n) is 6.33. The molecule has 3 fully saturated rings. The van der Waals surface area contributed by atoms with Gasteiger partial charge in [-0.05, 0) is 49.3 Å². The predicted molar refractivity (Wildman–Crippen MR) is 111 cm³/mol. The number of fused-ring (bicyclic) bond motifs is 1. The molecular formula is C21H29N3O5S. The first-order valence-electron chi connectivity index (χ1n) is 10.5. The van der Waals surface area contributed by atoms with Crippen LogP contribution in [0.3, 0.4) is 0 Å². The van der Waals surface area contributed by atoms with Crippen LogP contribution in [0, 0.1) is 5.92 Å². The standard InChI is InChI=1S/C21H29N3O5S/c1-30(27,28)17-4-2-3-16(12-17)11-15-5-8-23(9-6-15)21(26)24-10-7-19-18(13-24)22-20(25)14-29-19/h2-4,12,15,18-19H,5-11,13-14H2,1H3,(H,22,25)/t18-,19+/m1/s1. The molecule has 0 bridgehead atoms. The largest absolute Gasteiger partial charge is 0.366 e. The molecule has 0 aliphatic carbocycles. The van der Waals surface area contributed by atoms with Crippen molar-refractivity contribution in [2.75, 3.05) is 39.0 Å². The van der Waals surface area contributed by atoms with Crippen LogP contribution in [0.25, 0.3) is 0 Å². The second kappa shape index (κ2) is 8.55. The van der Waals surface area contributed by atoms with E-state index < -0.39 is 9.84 Å². The lowest BCUT2D eigenvalue weighted by atomic mass is 9.90. The Kier molecular flexibility index (Phi) is 6.02. The van der Waals surface area contributed by atoms with Crippen molar-refractivity contribution in [3.05, 3.63) is 29.8 Å². The maximum absolute atomic E-state index is 13.0. The van der Waals surface area contributed by atoms with Crippen molar-refractivity contribution in [1.82, 2.24) is 15.1 Å². The number of rotatable bonds is 3. The zero-order valence-corrected chi connectivity index (χ0v) is 18.1. The lowest BCUT2D eigenvalue weighted by molar-refractivity contribution is -0.139. The first kappa shape index (κ1) is 21.1. The van der Waals surface area contributed by atoms with E-state index in [1.165, 1.54) is 6.26 Å². The molecule has 8 nitrogen and oxygen atoms in total. The maximum atomic E-state index is 13.0. The molecule has 3 amide bonds. The van der Waals surface area contributed by atoms with Gasteiger partial charge >= 0.3 is 6.03 Å². The lowest BCUT2D eigenvalue weighted by Crippen LogP contribution is -2.62. The van der Waals surface area contributed by atoms with E-state index in [9.17, 15) is 18.0 Å². The molecule has 0 unspecified atom stereocenters. The normalized spacial score (nSPS) is 25.6. The highest BCUT2D eigenvalue weighted by molar-refractivity contribution is 7.90. The minimum absolute atomic E-state index is 0.000171. The monoisotopic (exact) mass is 435 g/mol. The van der Waals surface area contributed by atoms with Crippen LogP contribution in [-0.4, -0.2) is 81.3 Å². The molecule has 0 spiro atoms. The van der Waals surface area contributed by atoms with E-state index in [1.54, 1.807) is 18.2 Å². The summed E-state index contributed by atoms with van der Waals surface area (Å²) in [6.45, 7) is 2.64. The zero-order valence-electron chi connectivity index (χ0n) is 17.2. The summed E-state index contributed by atoms with van der Waals surface area (Å²) in [6, 6.07) is 7.06. The molecule has 164 valence electrons. The van der Waals surface area contributed by atoms with Gasteiger partial charge in [-0.3, -0.25) is 4.79 Å². The molecule has 3 saturated heterocycles. The summed E-state index contributed by atoms with van der Waals surface area (Å²) < 4.78 is 29.1. The molecule has 3 heterocycles. The fraction of sp³-hybridized carbons (Fsp3) is 0.619. The van der Waals surface area contributed by atoms with Gasteiger partial charge in [0, 0.05) is 32.4 Å². The van der Waals surface area contributed by atoms with Crippen LogP contribution in [0.15, 0.2) is 29.2 Å². The molecule has 30 heavy (non-hydrogen) atoms. The Hall–Kier alpha value is -2.13. The summed E-state index contributed by atoms with van der Waals surface area (Å²) in [5.41, 5.74) is 1.03. The van der Waals surface area contributed by atoms with Crippen molar-refractivity contribution in [2.24, 2.45) is 5.92 Å². The second-order valence-electron chi connectivity index (χ2n) is 8.59. The van der Waals surface area contributed by atoms with Gasteiger partial charge in [0.2, 0.25) is 5.91 Å². The summed E-state index contributed by atoms with van der Waals surface area (Å²) in [5, 5.41) is 2.94. The average molecular weight is 436 g/mol. The van der Waals surface area contributed by atoms with E-state index in [1.807, 2.05) is 15.9 Å². The minimum Gasteiger partial charge on any atom is -0.366 e. The van der Waals surface area contributed by atoms with Gasteiger partial charge in [-0.1, -0.05) is 12.1 Å². The summed E-state index contributed by atoms with van der Waals surface area (Å²) in [6.07, 6.45) is 4.58. The molecule has 4 rings (SSSR count). The molecule has 0 saturated carbocycles.